The minimum absolute atomic E-state index is 0.158. The van der Waals surface area contributed by atoms with Gasteiger partial charge < -0.3 is 4.74 Å². The van der Waals surface area contributed by atoms with Crippen LogP contribution in [0.5, 0.6) is 11.5 Å². The van der Waals surface area contributed by atoms with Gasteiger partial charge in [-0.2, -0.15) is 0 Å². The molecule has 2 heteroatoms. The summed E-state index contributed by atoms with van der Waals surface area (Å²) in [6, 6.07) is 14.2. The molecule has 0 saturated carbocycles. The van der Waals surface area contributed by atoms with Gasteiger partial charge in [-0.15, -0.1) is 0 Å². The van der Waals surface area contributed by atoms with Gasteiger partial charge in [0.05, 0.1) is 0 Å². The number of hydrogen-bond donors (Lipinski definition) is 0. The van der Waals surface area contributed by atoms with Gasteiger partial charge in [0.25, 0.3) is 0 Å². The number of thiocarbonyl (C=S) groups is 1. The standard InChI is InChI=1S/C15H12OS/c1-10-5-4-8-14-15(10)12(9-17)11-6-2-3-7-13(11)16-14/h2-9,12H,1H3. The van der Waals surface area contributed by atoms with Gasteiger partial charge in [0.1, 0.15) is 11.5 Å². The molecular weight excluding hydrogens is 228 g/mol. The Morgan fingerprint density at radius 3 is 2.65 bits per heavy atom. The Morgan fingerprint density at radius 2 is 1.82 bits per heavy atom. The molecule has 1 atom stereocenters. The van der Waals surface area contributed by atoms with Crippen LogP contribution >= 0.6 is 12.2 Å². The van der Waals surface area contributed by atoms with Crippen LogP contribution < -0.4 is 4.74 Å². The van der Waals surface area contributed by atoms with Gasteiger partial charge in [-0.1, -0.05) is 42.5 Å². The lowest BCUT2D eigenvalue weighted by atomic mass is 9.87. The first-order valence-electron chi connectivity index (χ1n) is 5.63. The van der Waals surface area contributed by atoms with Crippen molar-refractivity contribution < 1.29 is 4.74 Å². The number of ether oxygens (including phenoxy) is 1. The van der Waals surface area contributed by atoms with Gasteiger partial charge in [-0.05, 0) is 30.0 Å². The minimum atomic E-state index is 0.158. The summed E-state index contributed by atoms with van der Waals surface area (Å²) in [5.41, 5.74) is 3.58. The van der Waals surface area contributed by atoms with Crippen LogP contribution in [-0.2, 0) is 0 Å². The van der Waals surface area contributed by atoms with Crippen molar-refractivity contribution in [3.05, 3.63) is 59.2 Å². The van der Waals surface area contributed by atoms with Crippen LogP contribution in [-0.4, -0.2) is 5.37 Å². The average Bonchev–Trinajstić information content (AvgIpc) is 2.36. The molecule has 2 aromatic rings. The fourth-order valence-electron chi connectivity index (χ4n) is 2.39. The quantitative estimate of drug-likeness (QED) is 0.690. The molecule has 3 rings (SSSR count). The van der Waals surface area contributed by atoms with E-state index in [1.54, 1.807) is 0 Å². The van der Waals surface area contributed by atoms with Gasteiger partial charge in [-0.25, -0.2) is 0 Å². The molecule has 0 N–H and O–H groups in total. The Morgan fingerprint density at radius 1 is 1.06 bits per heavy atom. The monoisotopic (exact) mass is 240 g/mol. The zero-order chi connectivity index (χ0) is 11.8. The van der Waals surface area contributed by atoms with E-state index in [-0.39, 0.29) is 5.92 Å². The molecule has 0 fully saturated rings. The van der Waals surface area contributed by atoms with E-state index in [1.807, 2.05) is 35.7 Å². The van der Waals surface area contributed by atoms with E-state index in [4.69, 9.17) is 17.0 Å². The van der Waals surface area contributed by atoms with E-state index in [0.29, 0.717) is 0 Å². The van der Waals surface area contributed by atoms with Gasteiger partial charge in [0.2, 0.25) is 0 Å². The van der Waals surface area contributed by atoms with E-state index in [2.05, 4.69) is 19.1 Å². The van der Waals surface area contributed by atoms with Crippen molar-refractivity contribution in [3.63, 3.8) is 0 Å². The molecule has 84 valence electrons. The van der Waals surface area contributed by atoms with Crippen molar-refractivity contribution in [1.82, 2.24) is 0 Å². The molecule has 1 unspecified atom stereocenters. The Labute approximate surface area is 106 Å². The maximum absolute atomic E-state index is 5.92. The molecule has 0 radical (unpaired) electrons. The van der Waals surface area contributed by atoms with E-state index in [1.165, 1.54) is 11.1 Å². The third-order valence-electron chi connectivity index (χ3n) is 3.21. The lowest BCUT2D eigenvalue weighted by Gasteiger charge is -2.27. The van der Waals surface area contributed by atoms with Gasteiger partial charge in [0, 0.05) is 17.0 Å². The molecule has 1 aliphatic rings. The van der Waals surface area contributed by atoms with Crippen LogP contribution in [0.15, 0.2) is 42.5 Å². The molecule has 0 aliphatic carbocycles. The van der Waals surface area contributed by atoms with E-state index >= 15 is 0 Å². The first-order chi connectivity index (χ1) is 8.31. The number of benzene rings is 2. The number of fused-ring (bicyclic) bond motifs is 2. The number of para-hydroxylation sites is 1. The SMILES string of the molecule is Cc1cccc2c1C(C=S)c1ccccc1O2. The van der Waals surface area contributed by atoms with Crippen molar-refractivity contribution >= 4 is 17.6 Å². The summed E-state index contributed by atoms with van der Waals surface area (Å²) >= 11 is 5.20. The topological polar surface area (TPSA) is 9.23 Å². The third-order valence-corrected chi connectivity index (χ3v) is 3.48. The highest BCUT2D eigenvalue weighted by molar-refractivity contribution is 7.79. The second kappa shape index (κ2) is 3.97. The van der Waals surface area contributed by atoms with Gasteiger partial charge in [0.15, 0.2) is 0 Å². The minimum Gasteiger partial charge on any atom is -0.457 e. The summed E-state index contributed by atoms with van der Waals surface area (Å²) in [4.78, 5) is 0. The molecule has 1 heterocycles. The molecule has 0 bridgehead atoms. The summed E-state index contributed by atoms with van der Waals surface area (Å²) in [7, 11) is 0. The molecule has 0 saturated heterocycles. The van der Waals surface area contributed by atoms with Gasteiger partial charge in [-0.3, -0.25) is 0 Å². The highest BCUT2D eigenvalue weighted by Crippen LogP contribution is 2.44. The zero-order valence-corrected chi connectivity index (χ0v) is 10.3. The molecule has 17 heavy (non-hydrogen) atoms. The lowest BCUT2D eigenvalue weighted by molar-refractivity contribution is 0.456. The van der Waals surface area contributed by atoms with Crippen LogP contribution in [0.4, 0.5) is 0 Å². The van der Waals surface area contributed by atoms with Crippen molar-refractivity contribution in [2.24, 2.45) is 0 Å². The predicted octanol–water partition coefficient (Wildman–Crippen LogP) is 4.23. The summed E-state index contributed by atoms with van der Waals surface area (Å²) in [5, 5.41) is 1.83. The maximum Gasteiger partial charge on any atom is 0.131 e. The lowest BCUT2D eigenvalue weighted by Crippen LogP contribution is -2.12. The molecule has 0 spiro atoms. The summed E-state index contributed by atoms with van der Waals surface area (Å²) < 4.78 is 5.92. The van der Waals surface area contributed by atoms with Crippen molar-refractivity contribution in [2.45, 2.75) is 12.8 Å². The number of hydrogen-bond acceptors (Lipinski definition) is 2. The highest BCUT2D eigenvalue weighted by Gasteiger charge is 2.26. The largest absolute Gasteiger partial charge is 0.457 e. The predicted molar refractivity (Wildman–Crippen MR) is 73.2 cm³/mol. The molecule has 0 aromatic heterocycles. The molecule has 2 aromatic carbocycles. The van der Waals surface area contributed by atoms with Crippen LogP contribution in [0.25, 0.3) is 0 Å². The second-order valence-corrected chi connectivity index (χ2v) is 4.51. The second-order valence-electron chi connectivity index (χ2n) is 4.24. The fourth-order valence-corrected chi connectivity index (χ4v) is 2.67. The fraction of sp³-hybridized carbons (Fsp3) is 0.133. The normalized spacial score (nSPS) is 16.6. The van der Waals surface area contributed by atoms with Crippen LogP contribution in [0, 0.1) is 6.92 Å². The van der Waals surface area contributed by atoms with Crippen LogP contribution in [0.1, 0.15) is 22.6 Å². The van der Waals surface area contributed by atoms with E-state index < -0.39 is 0 Å². The number of aryl methyl sites for hydroxylation is 1. The Kier molecular flexibility index (Phi) is 2.45. The smallest absolute Gasteiger partial charge is 0.131 e. The molecule has 0 amide bonds. The zero-order valence-electron chi connectivity index (χ0n) is 9.51. The third kappa shape index (κ3) is 1.56. The van der Waals surface area contributed by atoms with Crippen LogP contribution in [0.2, 0.25) is 0 Å². The molecule has 1 aliphatic heterocycles. The van der Waals surface area contributed by atoms with Crippen molar-refractivity contribution in [3.8, 4) is 11.5 Å². The highest BCUT2D eigenvalue weighted by atomic mass is 32.1. The van der Waals surface area contributed by atoms with Gasteiger partial charge >= 0.3 is 0 Å². The first kappa shape index (κ1) is 10.5. The first-order valence-corrected chi connectivity index (χ1v) is 6.10. The van der Waals surface area contributed by atoms with Crippen LogP contribution in [0.3, 0.4) is 0 Å². The maximum atomic E-state index is 5.92. The molecular formula is C15H12OS. The molecule has 1 nitrogen and oxygen atoms in total. The van der Waals surface area contributed by atoms with E-state index in [0.717, 1.165) is 17.1 Å². The Bertz CT molecular complexity index is 589. The summed E-state index contributed by atoms with van der Waals surface area (Å²) in [6.45, 7) is 2.10. The Hall–Kier alpha value is -1.67. The average molecular weight is 240 g/mol. The number of rotatable bonds is 1. The van der Waals surface area contributed by atoms with E-state index in [9.17, 15) is 0 Å². The van der Waals surface area contributed by atoms with Crippen molar-refractivity contribution in [1.29, 1.82) is 0 Å². The Balaban J connectivity index is 2.26. The van der Waals surface area contributed by atoms with Crippen molar-refractivity contribution in [2.75, 3.05) is 0 Å². The summed E-state index contributed by atoms with van der Waals surface area (Å²) in [6.07, 6.45) is 0. The summed E-state index contributed by atoms with van der Waals surface area (Å²) in [5.74, 6) is 2.00.